The van der Waals surface area contributed by atoms with E-state index >= 15 is 0 Å². The van der Waals surface area contributed by atoms with Gasteiger partial charge in [0.2, 0.25) is 0 Å². The highest BCUT2D eigenvalue weighted by molar-refractivity contribution is 7.99. The molecule has 3 aromatic heterocycles. The Labute approximate surface area is 171 Å². The first-order valence-electron chi connectivity index (χ1n) is 9.34. The number of aliphatic hydroxyl groups excluding tert-OH is 1. The van der Waals surface area contributed by atoms with E-state index in [0.29, 0.717) is 33.0 Å². The maximum atomic E-state index is 12.8. The lowest BCUT2D eigenvalue weighted by Gasteiger charge is -2.15. The minimum Gasteiger partial charge on any atom is -0.383 e. The fourth-order valence-electron chi connectivity index (χ4n) is 3.19. The van der Waals surface area contributed by atoms with Gasteiger partial charge in [-0.1, -0.05) is 19.9 Å². The summed E-state index contributed by atoms with van der Waals surface area (Å²) in [4.78, 5) is 33.0. The van der Waals surface area contributed by atoms with Gasteiger partial charge >= 0.3 is 5.69 Å². The first-order valence-corrected chi connectivity index (χ1v) is 11.3. The van der Waals surface area contributed by atoms with Crippen molar-refractivity contribution in [2.24, 2.45) is 13.0 Å². The SMILES string of the molecule is CCCSCC(C)Cc1c(C(O)c2cccnc2)sc2[nH]c(=O)n(C)c(=O)c12. The van der Waals surface area contributed by atoms with Crippen molar-refractivity contribution in [3.8, 4) is 0 Å². The molecule has 2 unspecified atom stereocenters. The van der Waals surface area contributed by atoms with Crippen molar-refractivity contribution in [1.82, 2.24) is 14.5 Å². The second-order valence-electron chi connectivity index (χ2n) is 7.02. The number of fused-ring (bicyclic) bond motifs is 1. The number of H-pyrrole nitrogens is 1. The molecule has 3 rings (SSSR count). The van der Waals surface area contributed by atoms with Gasteiger partial charge in [-0.15, -0.1) is 11.3 Å². The fraction of sp³-hybridized carbons (Fsp3) is 0.450. The van der Waals surface area contributed by atoms with Crippen molar-refractivity contribution in [2.45, 2.75) is 32.8 Å². The number of hydrogen-bond acceptors (Lipinski definition) is 6. The van der Waals surface area contributed by atoms with E-state index in [4.69, 9.17) is 0 Å². The zero-order valence-electron chi connectivity index (χ0n) is 16.3. The number of hydrogen-bond donors (Lipinski definition) is 2. The molecule has 0 amide bonds. The number of thioether (sulfide) groups is 1. The second kappa shape index (κ2) is 9.07. The Morgan fingerprint density at radius 1 is 1.39 bits per heavy atom. The van der Waals surface area contributed by atoms with Crippen molar-refractivity contribution < 1.29 is 5.11 Å². The highest BCUT2D eigenvalue weighted by atomic mass is 32.2. The Morgan fingerprint density at radius 2 is 2.18 bits per heavy atom. The van der Waals surface area contributed by atoms with Crippen LogP contribution in [0.2, 0.25) is 0 Å². The second-order valence-corrected chi connectivity index (χ2v) is 9.22. The molecule has 8 heteroatoms. The van der Waals surface area contributed by atoms with Crippen LogP contribution in [0.25, 0.3) is 10.2 Å². The summed E-state index contributed by atoms with van der Waals surface area (Å²) in [7, 11) is 1.47. The summed E-state index contributed by atoms with van der Waals surface area (Å²) in [5.41, 5.74) is 0.739. The smallest absolute Gasteiger partial charge is 0.329 e. The average Bonchev–Trinajstić information content (AvgIpc) is 3.04. The molecule has 0 spiro atoms. The summed E-state index contributed by atoms with van der Waals surface area (Å²) in [5.74, 6) is 2.43. The van der Waals surface area contributed by atoms with E-state index in [1.807, 2.05) is 17.8 Å². The van der Waals surface area contributed by atoms with Gasteiger partial charge in [0.15, 0.2) is 0 Å². The third kappa shape index (κ3) is 4.24. The van der Waals surface area contributed by atoms with Crippen molar-refractivity contribution in [1.29, 1.82) is 0 Å². The van der Waals surface area contributed by atoms with Crippen molar-refractivity contribution >= 4 is 33.3 Å². The molecule has 0 bridgehead atoms. The van der Waals surface area contributed by atoms with Gasteiger partial charge in [0.25, 0.3) is 5.56 Å². The van der Waals surface area contributed by atoms with Crippen LogP contribution in [-0.4, -0.2) is 31.1 Å². The number of rotatable bonds is 8. The molecule has 0 aliphatic rings. The van der Waals surface area contributed by atoms with Gasteiger partial charge in [-0.05, 0) is 41.9 Å². The molecule has 2 atom stereocenters. The quantitative estimate of drug-likeness (QED) is 0.548. The van der Waals surface area contributed by atoms with Crippen molar-refractivity contribution in [3.63, 3.8) is 0 Å². The predicted octanol–water partition coefficient (Wildman–Crippen LogP) is 3.09. The first kappa shape index (κ1) is 20.8. The van der Waals surface area contributed by atoms with Crippen molar-refractivity contribution in [3.05, 3.63) is 61.4 Å². The molecule has 0 radical (unpaired) electrons. The summed E-state index contributed by atoms with van der Waals surface area (Å²) in [5, 5.41) is 11.5. The molecule has 3 aromatic rings. The Hall–Kier alpha value is -1.90. The van der Waals surface area contributed by atoms with Gasteiger partial charge in [-0.25, -0.2) is 4.79 Å². The van der Waals surface area contributed by atoms with E-state index in [2.05, 4.69) is 23.8 Å². The molecular weight excluding hydrogens is 394 g/mol. The van der Waals surface area contributed by atoms with Crippen LogP contribution in [0, 0.1) is 5.92 Å². The summed E-state index contributed by atoms with van der Waals surface area (Å²) >= 11 is 3.18. The average molecular weight is 420 g/mol. The molecule has 0 saturated carbocycles. The highest BCUT2D eigenvalue weighted by Crippen LogP contribution is 2.36. The normalized spacial score (nSPS) is 13.7. The molecule has 0 aliphatic heterocycles. The Kier molecular flexibility index (Phi) is 6.74. The summed E-state index contributed by atoms with van der Waals surface area (Å²) < 4.78 is 1.09. The number of nitrogens with zero attached hydrogens (tertiary/aromatic N) is 2. The third-order valence-electron chi connectivity index (χ3n) is 4.63. The van der Waals surface area contributed by atoms with Gasteiger partial charge in [0.1, 0.15) is 10.9 Å². The summed E-state index contributed by atoms with van der Waals surface area (Å²) in [6, 6.07) is 3.59. The maximum Gasteiger partial charge on any atom is 0.329 e. The number of pyridine rings is 1. The molecule has 3 heterocycles. The van der Waals surface area contributed by atoms with E-state index in [0.717, 1.165) is 28.1 Å². The molecule has 28 heavy (non-hydrogen) atoms. The summed E-state index contributed by atoms with van der Waals surface area (Å²) in [6.07, 6.45) is 4.20. The molecule has 0 saturated heterocycles. The van der Waals surface area contributed by atoms with Gasteiger partial charge in [-0.2, -0.15) is 11.8 Å². The van der Waals surface area contributed by atoms with Crippen LogP contribution in [0.1, 0.15) is 42.4 Å². The number of aliphatic hydroxyl groups is 1. The first-order chi connectivity index (χ1) is 13.4. The predicted molar refractivity (Wildman–Crippen MR) is 116 cm³/mol. The van der Waals surface area contributed by atoms with Crippen LogP contribution in [0.4, 0.5) is 0 Å². The van der Waals surface area contributed by atoms with E-state index in [1.165, 1.54) is 18.4 Å². The fourth-order valence-corrected chi connectivity index (χ4v) is 5.39. The van der Waals surface area contributed by atoms with Crippen molar-refractivity contribution in [2.75, 3.05) is 11.5 Å². The van der Waals surface area contributed by atoms with Crippen LogP contribution in [0.3, 0.4) is 0 Å². The van der Waals surface area contributed by atoms with E-state index in [9.17, 15) is 14.7 Å². The minimum atomic E-state index is -0.884. The molecule has 6 nitrogen and oxygen atoms in total. The van der Waals surface area contributed by atoms with Gasteiger partial charge in [-0.3, -0.25) is 19.3 Å². The molecule has 0 aromatic carbocycles. The molecule has 0 aliphatic carbocycles. The standard InChI is InChI=1S/C20H25N3O3S2/c1-4-8-27-11-12(2)9-14-15-18(22-20(26)23(3)19(15)25)28-17(14)16(24)13-6-5-7-21-10-13/h5-7,10,12,16,24H,4,8-9,11H2,1-3H3,(H,22,26). The van der Waals surface area contributed by atoms with E-state index in [1.54, 1.807) is 18.5 Å². The van der Waals surface area contributed by atoms with Crippen LogP contribution in [-0.2, 0) is 13.5 Å². The number of aromatic amines is 1. The zero-order valence-corrected chi connectivity index (χ0v) is 17.9. The Balaban J connectivity index is 2.10. The largest absolute Gasteiger partial charge is 0.383 e. The molecule has 0 fully saturated rings. The molecule has 2 N–H and O–H groups in total. The highest BCUT2D eigenvalue weighted by Gasteiger charge is 2.24. The number of nitrogens with one attached hydrogen (secondary N) is 1. The molecule has 150 valence electrons. The lowest BCUT2D eigenvalue weighted by Crippen LogP contribution is -2.32. The van der Waals surface area contributed by atoms with Crippen LogP contribution in [0.15, 0.2) is 34.1 Å². The Morgan fingerprint density at radius 3 is 2.86 bits per heavy atom. The van der Waals surface area contributed by atoms with E-state index in [-0.39, 0.29) is 5.56 Å². The third-order valence-corrected chi connectivity index (χ3v) is 7.34. The lowest BCUT2D eigenvalue weighted by molar-refractivity contribution is 0.222. The maximum absolute atomic E-state index is 12.8. The summed E-state index contributed by atoms with van der Waals surface area (Å²) in [6.45, 7) is 4.31. The Bertz CT molecular complexity index is 1060. The lowest BCUT2D eigenvalue weighted by atomic mass is 9.97. The van der Waals surface area contributed by atoms with Gasteiger partial charge in [0, 0.05) is 29.9 Å². The number of thiophene rings is 1. The number of aromatic nitrogens is 3. The molecular formula is C20H25N3O3S2. The van der Waals surface area contributed by atoms with Gasteiger partial charge < -0.3 is 5.11 Å². The monoisotopic (exact) mass is 419 g/mol. The van der Waals surface area contributed by atoms with Crippen LogP contribution >= 0.6 is 23.1 Å². The minimum absolute atomic E-state index is 0.317. The van der Waals surface area contributed by atoms with Crippen LogP contribution in [0.5, 0.6) is 0 Å². The zero-order chi connectivity index (χ0) is 20.3. The van der Waals surface area contributed by atoms with Gasteiger partial charge in [0.05, 0.1) is 5.39 Å². The van der Waals surface area contributed by atoms with E-state index < -0.39 is 11.8 Å². The van der Waals surface area contributed by atoms with Crippen LogP contribution < -0.4 is 11.2 Å². The topological polar surface area (TPSA) is 88.0 Å².